The number of carbonyl (C=O) groups excluding carboxylic acids is 1. The molecule has 0 aromatic heterocycles. The van der Waals surface area contributed by atoms with Crippen LogP contribution in [0.25, 0.3) is 0 Å². The number of nitrogens with zero attached hydrogens (tertiary/aromatic N) is 2. The standard InChI is InChI=1S/C20H24ClN3O2/c1-26-19-5-3-2-4-18(19)23-10-12-24(13-11-23)20(25)15-22-14-16-6-8-17(21)9-7-16/h2-9,22H,10-15H2,1H3. The molecule has 0 unspecified atom stereocenters. The minimum Gasteiger partial charge on any atom is -0.495 e. The van der Waals surface area contributed by atoms with Gasteiger partial charge < -0.3 is 19.9 Å². The van der Waals surface area contributed by atoms with Gasteiger partial charge in [0, 0.05) is 37.7 Å². The predicted molar refractivity (Wildman–Crippen MR) is 105 cm³/mol. The van der Waals surface area contributed by atoms with Crippen LogP contribution >= 0.6 is 11.6 Å². The van der Waals surface area contributed by atoms with Crippen molar-refractivity contribution in [3.63, 3.8) is 0 Å². The second kappa shape index (κ2) is 8.92. The van der Waals surface area contributed by atoms with Crippen LogP contribution in [0.3, 0.4) is 0 Å². The molecular weight excluding hydrogens is 350 g/mol. The summed E-state index contributed by atoms with van der Waals surface area (Å²) >= 11 is 5.88. The second-order valence-electron chi connectivity index (χ2n) is 6.27. The summed E-state index contributed by atoms with van der Waals surface area (Å²) in [5.41, 5.74) is 2.20. The molecule has 1 amide bonds. The zero-order chi connectivity index (χ0) is 18.4. The summed E-state index contributed by atoms with van der Waals surface area (Å²) < 4.78 is 5.43. The third-order valence-electron chi connectivity index (χ3n) is 4.58. The highest BCUT2D eigenvalue weighted by Crippen LogP contribution is 2.28. The van der Waals surface area contributed by atoms with Gasteiger partial charge in [0.25, 0.3) is 0 Å². The van der Waals surface area contributed by atoms with Crippen molar-refractivity contribution >= 4 is 23.2 Å². The third-order valence-corrected chi connectivity index (χ3v) is 4.83. The van der Waals surface area contributed by atoms with Gasteiger partial charge in [0.1, 0.15) is 5.75 Å². The summed E-state index contributed by atoms with van der Waals surface area (Å²) in [7, 11) is 1.69. The molecule has 0 radical (unpaired) electrons. The van der Waals surface area contributed by atoms with Crippen molar-refractivity contribution in [2.75, 3.05) is 44.7 Å². The maximum atomic E-state index is 12.4. The molecule has 0 saturated carbocycles. The third kappa shape index (κ3) is 4.68. The van der Waals surface area contributed by atoms with Gasteiger partial charge in [-0.3, -0.25) is 4.79 Å². The van der Waals surface area contributed by atoms with Gasteiger partial charge in [-0.05, 0) is 29.8 Å². The Bertz CT molecular complexity index is 728. The van der Waals surface area contributed by atoms with Crippen molar-refractivity contribution in [1.82, 2.24) is 10.2 Å². The number of carbonyl (C=O) groups is 1. The summed E-state index contributed by atoms with van der Waals surface area (Å²) in [5.74, 6) is 1.01. The van der Waals surface area contributed by atoms with E-state index in [-0.39, 0.29) is 5.91 Å². The van der Waals surface area contributed by atoms with E-state index in [0.29, 0.717) is 13.1 Å². The van der Waals surface area contributed by atoms with Crippen molar-refractivity contribution < 1.29 is 9.53 Å². The Morgan fingerprint density at radius 1 is 1.08 bits per heavy atom. The zero-order valence-corrected chi connectivity index (χ0v) is 15.7. The summed E-state index contributed by atoms with van der Waals surface area (Å²) in [6, 6.07) is 15.6. The molecule has 1 aliphatic heterocycles. The molecule has 6 heteroatoms. The number of anilines is 1. The van der Waals surface area contributed by atoms with Crippen LogP contribution < -0.4 is 15.0 Å². The topological polar surface area (TPSA) is 44.8 Å². The van der Waals surface area contributed by atoms with Crippen molar-refractivity contribution in [2.45, 2.75) is 6.54 Å². The lowest BCUT2D eigenvalue weighted by Gasteiger charge is -2.36. The quantitative estimate of drug-likeness (QED) is 0.845. The number of hydrogen-bond acceptors (Lipinski definition) is 4. The normalized spacial score (nSPS) is 14.4. The van der Waals surface area contributed by atoms with Crippen LogP contribution in [0.4, 0.5) is 5.69 Å². The number of methoxy groups -OCH3 is 1. The first-order valence-electron chi connectivity index (χ1n) is 8.78. The molecule has 1 heterocycles. The fraction of sp³-hybridized carbons (Fsp3) is 0.350. The first-order chi connectivity index (χ1) is 12.7. The van der Waals surface area contributed by atoms with E-state index in [1.54, 1.807) is 7.11 Å². The van der Waals surface area contributed by atoms with Gasteiger partial charge in [0.2, 0.25) is 5.91 Å². The van der Waals surface area contributed by atoms with Crippen LogP contribution in [-0.4, -0.2) is 50.6 Å². The molecule has 0 spiro atoms. The van der Waals surface area contributed by atoms with Gasteiger partial charge in [0.05, 0.1) is 19.3 Å². The number of nitrogens with one attached hydrogen (secondary N) is 1. The Morgan fingerprint density at radius 3 is 2.46 bits per heavy atom. The number of piperazine rings is 1. The van der Waals surface area contributed by atoms with Crippen LogP contribution in [0.15, 0.2) is 48.5 Å². The summed E-state index contributed by atoms with van der Waals surface area (Å²) in [6.07, 6.45) is 0. The molecule has 1 saturated heterocycles. The van der Waals surface area contributed by atoms with E-state index in [2.05, 4.69) is 16.3 Å². The highest BCUT2D eigenvalue weighted by atomic mass is 35.5. The van der Waals surface area contributed by atoms with Crippen LogP contribution in [0.1, 0.15) is 5.56 Å². The van der Waals surface area contributed by atoms with Gasteiger partial charge in [-0.15, -0.1) is 0 Å². The summed E-state index contributed by atoms with van der Waals surface area (Å²) in [5, 5.41) is 3.93. The Labute approximate surface area is 159 Å². The van der Waals surface area contributed by atoms with Crippen LogP contribution in [0.5, 0.6) is 5.75 Å². The molecule has 2 aromatic carbocycles. The molecular formula is C20H24ClN3O2. The van der Waals surface area contributed by atoms with E-state index < -0.39 is 0 Å². The van der Waals surface area contributed by atoms with Gasteiger partial charge in [-0.25, -0.2) is 0 Å². The van der Waals surface area contributed by atoms with Gasteiger partial charge in [0.15, 0.2) is 0 Å². The van der Waals surface area contributed by atoms with Crippen LogP contribution in [0, 0.1) is 0 Å². The number of halogens is 1. The first kappa shape index (κ1) is 18.5. The van der Waals surface area contributed by atoms with E-state index >= 15 is 0 Å². The Kier molecular flexibility index (Phi) is 6.36. The molecule has 138 valence electrons. The number of ether oxygens (including phenoxy) is 1. The first-order valence-corrected chi connectivity index (χ1v) is 9.16. The average molecular weight is 374 g/mol. The molecule has 3 rings (SSSR count). The number of benzene rings is 2. The van der Waals surface area contributed by atoms with Gasteiger partial charge in [-0.2, -0.15) is 0 Å². The number of amides is 1. The molecule has 5 nitrogen and oxygen atoms in total. The van der Waals surface area contributed by atoms with E-state index in [4.69, 9.17) is 16.3 Å². The Morgan fingerprint density at radius 2 is 1.77 bits per heavy atom. The second-order valence-corrected chi connectivity index (χ2v) is 6.71. The van der Waals surface area contributed by atoms with E-state index in [0.717, 1.165) is 48.2 Å². The minimum absolute atomic E-state index is 0.138. The lowest BCUT2D eigenvalue weighted by atomic mass is 10.2. The Balaban J connectivity index is 1.45. The Hall–Kier alpha value is -2.24. The fourth-order valence-electron chi connectivity index (χ4n) is 3.12. The largest absolute Gasteiger partial charge is 0.495 e. The van der Waals surface area contributed by atoms with Crippen molar-refractivity contribution in [2.24, 2.45) is 0 Å². The van der Waals surface area contributed by atoms with Crippen molar-refractivity contribution in [3.05, 3.63) is 59.1 Å². The molecule has 26 heavy (non-hydrogen) atoms. The van der Waals surface area contributed by atoms with Crippen LogP contribution in [0.2, 0.25) is 5.02 Å². The molecule has 0 atom stereocenters. The van der Waals surface area contributed by atoms with Gasteiger partial charge in [-0.1, -0.05) is 35.9 Å². The predicted octanol–water partition coefficient (Wildman–Crippen LogP) is 2.79. The maximum absolute atomic E-state index is 12.4. The number of hydrogen-bond donors (Lipinski definition) is 1. The molecule has 2 aromatic rings. The lowest BCUT2D eigenvalue weighted by molar-refractivity contribution is -0.130. The fourth-order valence-corrected chi connectivity index (χ4v) is 3.24. The monoisotopic (exact) mass is 373 g/mol. The minimum atomic E-state index is 0.138. The average Bonchev–Trinajstić information content (AvgIpc) is 2.69. The summed E-state index contributed by atoms with van der Waals surface area (Å²) in [6.45, 7) is 4.06. The van der Waals surface area contributed by atoms with E-state index in [1.165, 1.54) is 0 Å². The zero-order valence-electron chi connectivity index (χ0n) is 15.0. The highest BCUT2D eigenvalue weighted by molar-refractivity contribution is 6.30. The van der Waals surface area contributed by atoms with Crippen molar-refractivity contribution in [3.8, 4) is 5.75 Å². The molecule has 0 bridgehead atoms. The molecule has 0 aliphatic carbocycles. The number of para-hydroxylation sites is 2. The molecule has 1 N–H and O–H groups in total. The number of rotatable bonds is 6. The van der Waals surface area contributed by atoms with Crippen LogP contribution in [-0.2, 0) is 11.3 Å². The van der Waals surface area contributed by atoms with E-state index in [1.807, 2.05) is 47.4 Å². The highest BCUT2D eigenvalue weighted by Gasteiger charge is 2.22. The van der Waals surface area contributed by atoms with Crippen molar-refractivity contribution in [1.29, 1.82) is 0 Å². The SMILES string of the molecule is COc1ccccc1N1CCN(C(=O)CNCc2ccc(Cl)cc2)CC1. The summed E-state index contributed by atoms with van der Waals surface area (Å²) in [4.78, 5) is 16.6. The van der Waals surface area contributed by atoms with E-state index in [9.17, 15) is 4.79 Å². The lowest BCUT2D eigenvalue weighted by Crippen LogP contribution is -2.50. The van der Waals surface area contributed by atoms with Gasteiger partial charge >= 0.3 is 0 Å². The maximum Gasteiger partial charge on any atom is 0.236 e. The smallest absolute Gasteiger partial charge is 0.236 e. The molecule has 1 aliphatic rings. The molecule has 1 fully saturated rings.